The topological polar surface area (TPSA) is 95.1 Å². The maximum atomic E-state index is 13.0. The molecular formula is C11H11BrFN3O3S. The van der Waals surface area contributed by atoms with Crippen molar-refractivity contribution < 1.29 is 17.9 Å². The Bertz CT molecular complexity index is 745. The van der Waals surface area contributed by atoms with Crippen molar-refractivity contribution in [3.63, 3.8) is 0 Å². The van der Waals surface area contributed by atoms with Gasteiger partial charge in [0.25, 0.3) is 10.0 Å². The average molecular weight is 364 g/mol. The Morgan fingerprint density at radius 2 is 2.20 bits per heavy atom. The van der Waals surface area contributed by atoms with E-state index in [1.807, 2.05) is 0 Å². The minimum Gasteiger partial charge on any atom is -0.390 e. The summed E-state index contributed by atoms with van der Waals surface area (Å²) in [6.45, 7) is 1.02. The Balaban J connectivity index is 2.43. The van der Waals surface area contributed by atoms with E-state index in [9.17, 15) is 12.8 Å². The zero-order valence-electron chi connectivity index (χ0n) is 10.3. The molecule has 1 heterocycles. The van der Waals surface area contributed by atoms with E-state index in [2.05, 4.69) is 30.8 Å². The fourth-order valence-corrected chi connectivity index (χ4v) is 3.72. The molecule has 0 aliphatic heterocycles. The van der Waals surface area contributed by atoms with E-state index in [0.717, 1.165) is 12.1 Å². The van der Waals surface area contributed by atoms with Crippen molar-refractivity contribution in [2.24, 2.45) is 0 Å². The van der Waals surface area contributed by atoms with Crippen molar-refractivity contribution in [3.8, 4) is 0 Å². The van der Waals surface area contributed by atoms with Crippen LogP contribution in [0.25, 0.3) is 0 Å². The van der Waals surface area contributed by atoms with E-state index in [0.29, 0.717) is 5.69 Å². The smallest absolute Gasteiger partial charge is 0.265 e. The molecule has 0 bridgehead atoms. The fourth-order valence-electron chi connectivity index (χ4n) is 1.70. The van der Waals surface area contributed by atoms with Gasteiger partial charge in [-0.1, -0.05) is 0 Å². The highest BCUT2D eigenvalue weighted by Crippen LogP contribution is 2.27. The average Bonchev–Trinajstić information content (AvgIpc) is 2.75. The number of nitrogens with zero attached hydrogens (tertiary/aromatic N) is 1. The molecule has 0 atom stereocenters. The van der Waals surface area contributed by atoms with E-state index in [4.69, 9.17) is 5.11 Å². The molecule has 9 heteroatoms. The number of aromatic amines is 1. The summed E-state index contributed by atoms with van der Waals surface area (Å²) in [5, 5.41) is 15.3. The number of halogens is 2. The predicted octanol–water partition coefficient (Wildman–Crippen LogP) is 1.91. The Morgan fingerprint density at radius 1 is 1.50 bits per heavy atom. The van der Waals surface area contributed by atoms with Crippen LogP contribution in [0.15, 0.2) is 27.6 Å². The van der Waals surface area contributed by atoms with Gasteiger partial charge in [-0.15, -0.1) is 0 Å². The number of sulfonamides is 1. The number of aromatic nitrogens is 2. The van der Waals surface area contributed by atoms with Crippen molar-refractivity contribution >= 4 is 31.6 Å². The Kier molecular flexibility index (Phi) is 4.11. The Labute approximate surface area is 123 Å². The van der Waals surface area contributed by atoms with Gasteiger partial charge >= 0.3 is 0 Å². The van der Waals surface area contributed by atoms with Gasteiger partial charge in [0.1, 0.15) is 16.4 Å². The van der Waals surface area contributed by atoms with Gasteiger partial charge in [0.15, 0.2) is 0 Å². The first-order valence-electron chi connectivity index (χ1n) is 5.47. The lowest BCUT2D eigenvalue weighted by Crippen LogP contribution is -2.15. The van der Waals surface area contributed by atoms with Crippen molar-refractivity contribution in [1.82, 2.24) is 10.2 Å². The van der Waals surface area contributed by atoms with E-state index in [1.165, 1.54) is 13.0 Å². The molecule has 0 aliphatic rings. The van der Waals surface area contributed by atoms with Crippen LogP contribution in [-0.4, -0.2) is 23.7 Å². The minimum atomic E-state index is -3.93. The van der Waals surface area contributed by atoms with Gasteiger partial charge in [-0.2, -0.15) is 5.10 Å². The molecule has 0 radical (unpaired) electrons. The Morgan fingerprint density at radius 3 is 2.80 bits per heavy atom. The number of aliphatic hydroxyl groups excluding tert-OH is 1. The lowest BCUT2D eigenvalue weighted by atomic mass is 10.3. The van der Waals surface area contributed by atoms with Crippen molar-refractivity contribution in [3.05, 3.63) is 39.9 Å². The monoisotopic (exact) mass is 363 g/mol. The van der Waals surface area contributed by atoms with Crippen LogP contribution < -0.4 is 4.72 Å². The third kappa shape index (κ3) is 2.84. The highest BCUT2D eigenvalue weighted by molar-refractivity contribution is 9.10. The van der Waals surface area contributed by atoms with E-state index in [-0.39, 0.29) is 20.7 Å². The number of hydrogen-bond donors (Lipinski definition) is 3. The summed E-state index contributed by atoms with van der Waals surface area (Å²) in [7, 11) is -3.93. The number of benzene rings is 1. The lowest BCUT2D eigenvalue weighted by molar-refractivity contribution is 0.273. The SMILES string of the molecule is Cc1[nH]nc(CO)c1S(=O)(=O)Nc1ccc(F)cc1Br. The molecule has 2 aromatic rings. The molecule has 108 valence electrons. The van der Waals surface area contributed by atoms with Crippen LogP contribution >= 0.6 is 15.9 Å². The molecule has 0 saturated heterocycles. The van der Waals surface area contributed by atoms with Crippen LogP contribution in [0.2, 0.25) is 0 Å². The van der Waals surface area contributed by atoms with Gasteiger partial charge in [-0.25, -0.2) is 12.8 Å². The number of H-pyrrole nitrogens is 1. The first kappa shape index (κ1) is 14.9. The maximum absolute atomic E-state index is 13.0. The van der Waals surface area contributed by atoms with Crippen LogP contribution in [-0.2, 0) is 16.6 Å². The first-order chi connectivity index (χ1) is 9.35. The van der Waals surface area contributed by atoms with Crippen molar-refractivity contribution in [1.29, 1.82) is 0 Å². The predicted molar refractivity (Wildman–Crippen MR) is 74.2 cm³/mol. The highest BCUT2D eigenvalue weighted by Gasteiger charge is 2.24. The standard InChI is InChI=1S/C11H11BrFN3O3S/c1-6-11(10(5-17)15-14-6)20(18,19)16-9-3-2-7(13)4-8(9)12/h2-4,16-17H,5H2,1H3,(H,14,15). The van der Waals surface area contributed by atoms with Gasteiger partial charge in [0.2, 0.25) is 0 Å². The number of anilines is 1. The Hall–Kier alpha value is -1.45. The lowest BCUT2D eigenvalue weighted by Gasteiger charge is -2.10. The molecule has 0 unspecified atom stereocenters. The number of aliphatic hydroxyl groups is 1. The van der Waals surface area contributed by atoms with Crippen molar-refractivity contribution in [2.75, 3.05) is 4.72 Å². The van der Waals surface area contributed by atoms with E-state index >= 15 is 0 Å². The minimum absolute atomic E-state index is 0.0215. The van der Waals surface area contributed by atoms with Gasteiger partial charge in [-0.3, -0.25) is 9.82 Å². The summed E-state index contributed by atoms with van der Waals surface area (Å²) in [6, 6.07) is 3.58. The summed E-state index contributed by atoms with van der Waals surface area (Å²) >= 11 is 3.08. The molecule has 0 saturated carbocycles. The molecule has 6 nitrogen and oxygen atoms in total. The summed E-state index contributed by atoms with van der Waals surface area (Å²) in [6.07, 6.45) is 0. The third-order valence-corrected chi connectivity index (χ3v) is 4.78. The summed E-state index contributed by atoms with van der Waals surface area (Å²) in [4.78, 5) is -0.115. The number of aryl methyl sites for hydroxylation is 1. The van der Waals surface area contributed by atoms with Crippen LogP contribution in [0.1, 0.15) is 11.4 Å². The number of rotatable bonds is 4. The largest absolute Gasteiger partial charge is 0.390 e. The van der Waals surface area contributed by atoms with E-state index in [1.54, 1.807) is 0 Å². The molecule has 1 aromatic heterocycles. The van der Waals surface area contributed by atoms with Crippen LogP contribution in [0.5, 0.6) is 0 Å². The second kappa shape index (κ2) is 5.51. The van der Waals surface area contributed by atoms with Crippen LogP contribution in [0.3, 0.4) is 0 Å². The highest BCUT2D eigenvalue weighted by atomic mass is 79.9. The molecule has 0 fully saturated rings. The zero-order chi connectivity index (χ0) is 14.9. The summed E-state index contributed by atoms with van der Waals surface area (Å²) < 4.78 is 40.2. The fraction of sp³-hybridized carbons (Fsp3) is 0.182. The van der Waals surface area contributed by atoms with E-state index < -0.39 is 22.4 Å². The summed E-state index contributed by atoms with van der Waals surface area (Å²) in [5.74, 6) is -0.490. The van der Waals surface area contributed by atoms with Gasteiger partial charge < -0.3 is 5.11 Å². The zero-order valence-corrected chi connectivity index (χ0v) is 12.7. The first-order valence-corrected chi connectivity index (χ1v) is 7.75. The quantitative estimate of drug-likeness (QED) is 0.773. The van der Waals surface area contributed by atoms with Gasteiger partial charge in [-0.05, 0) is 41.1 Å². The number of nitrogens with one attached hydrogen (secondary N) is 2. The van der Waals surface area contributed by atoms with Crippen molar-refractivity contribution in [2.45, 2.75) is 18.4 Å². The second-order valence-electron chi connectivity index (χ2n) is 4.01. The number of hydrogen-bond acceptors (Lipinski definition) is 4. The molecule has 3 N–H and O–H groups in total. The van der Waals surface area contributed by atoms with Gasteiger partial charge in [0, 0.05) is 4.47 Å². The molecule has 2 rings (SSSR count). The third-order valence-electron chi connectivity index (χ3n) is 2.56. The molecule has 1 aromatic carbocycles. The molecule has 0 spiro atoms. The summed E-state index contributed by atoms with van der Waals surface area (Å²) in [5.41, 5.74) is 0.518. The molecule has 0 aliphatic carbocycles. The molecular weight excluding hydrogens is 353 g/mol. The maximum Gasteiger partial charge on any atom is 0.265 e. The molecule has 20 heavy (non-hydrogen) atoms. The second-order valence-corrected chi connectivity index (χ2v) is 6.49. The van der Waals surface area contributed by atoms with Crippen LogP contribution in [0, 0.1) is 12.7 Å². The normalized spacial score (nSPS) is 11.6. The molecule has 0 amide bonds. The van der Waals surface area contributed by atoms with Gasteiger partial charge in [0.05, 0.1) is 18.0 Å². The van der Waals surface area contributed by atoms with Crippen LogP contribution in [0.4, 0.5) is 10.1 Å².